The molecule has 0 fully saturated rings. The third-order valence-corrected chi connectivity index (χ3v) is 4.11. The maximum Gasteiger partial charge on any atom is 0.266 e. The van der Waals surface area contributed by atoms with Crippen molar-refractivity contribution < 1.29 is 18.0 Å². The van der Waals surface area contributed by atoms with Crippen molar-refractivity contribution in [3.05, 3.63) is 82.6 Å². The Kier molecular flexibility index (Phi) is 5.37. The highest BCUT2D eigenvalue weighted by Gasteiger charge is 2.14. The summed E-state index contributed by atoms with van der Waals surface area (Å²) in [4.78, 5) is 12.4. The number of halogens is 2. The van der Waals surface area contributed by atoms with E-state index in [-0.39, 0.29) is 22.7 Å². The number of amides is 1. The number of nitrogens with zero attached hydrogens (tertiary/aromatic N) is 1. The van der Waals surface area contributed by atoms with E-state index < -0.39 is 17.5 Å². The highest BCUT2D eigenvalue weighted by atomic mass is 19.1. The summed E-state index contributed by atoms with van der Waals surface area (Å²) in [5, 5.41) is 12.0. The second-order valence-electron chi connectivity index (χ2n) is 6.27. The zero-order valence-corrected chi connectivity index (χ0v) is 15.2. The highest BCUT2D eigenvalue weighted by Crippen LogP contribution is 2.26. The number of benzene rings is 2. The molecule has 0 bridgehead atoms. The molecule has 2 aromatic carbocycles. The lowest BCUT2D eigenvalue weighted by Crippen LogP contribution is -2.14. The summed E-state index contributed by atoms with van der Waals surface area (Å²) in [6.07, 6.45) is 1.27. The fourth-order valence-corrected chi connectivity index (χ4v) is 2.70. The minimum atomic E-state index is -0.766. The van der Waals surface area contributed by atoms with Gasteiger partial charge in [0, 0.05) is 17.8 Å². The Morgan fingerprint density at radius 3 is 2.57 bits per heavy atom. The number of nitrogens with one attached hydrogen (secondary N) is 1. The fourth-order valence-electron chi connectivity index (χ4n) is 2.70. The first-order chi connectivity index (χ1) is 13.4. The van der Waals surface area contributed by atoms with Gasteiger partial charge in [0.05, 0.1) is 5.56 Å². The first-order valence-electron chi connectivity index (χ1n) is 8.43. The van der Waals surface area contributed by atoms with Gasteiger partial charge in [-0.05, 0) is 49.7 Å². The van der Waals surface area contributed by atoms with E-state index in [1.54, 1.807) is 6.07 Å². The maximum absolute atomic E-state index is 13.9. The van der Waals surface area contributed by atoms with E-state index in [0.29, 0.717) is 5.69 Å². The van der Waals surface area contributed by atoms with Crippen LogP contribution in [0.3, 0.4) is 0 Å². The molecule has 0 aliphatic rings. The lowest BCUT2D eigenvalue weighted by Gasteiger charge is -2.08. The minimum Gasteiger partial charge on any atom is -0.457 e. The normalized spacial score (nSPS) is 11.2. The summed E-state index contributed by atoms with van der Waals surface area (Å²) < 4.78 is 32.4. The number of furan rings is 1. The topological polar surface area (TPSA) is 66.0 Å². The quantitative estimate of drug-likeness (QED) is 0.489. The molecule has 0 saturated carbocycles. The van der Waals surface area contributed by atoms with Gasteiger partial charge in [0.1, 0.15) is 34.8 Å². The van der Waals surface area contributed by atoms with Crippen LogP contribution in [0.25, 0.3) is 17.4 Å². The standard InChI is InChI=1S/C22H16F2N2O2/c1-13-3-7-20(14(2)9-13)26-22(27)15(12-25)10-17-5-8-21(28-17)18-6-4-16(23)11-19(18)24/h3-11H,1-2H3,(H,26,27)/b15-10+. The maximum atomic E-state index is 13.9. The van der Waals surface area contributed by atoms with Gasteiger partial charge in [-0.3, -0.25) is 4.79 Å². The van der Waals surface area contributed by atoms with Gasteiger partial charge in [-0.25, -0.2) is 8.78 Å². The van der Waals surface area contributed by atoms with Crippen molar-refractivity contribution in [3.8, 4) is 17.4 Å². The number of anilines is 1. The van der Waals surface area contributed by atoms with Crippen LogP contribution >= 0.6 is 0 Å². The molecule has 0 aliphatic carbocycles. The Bertz CT molecular complexity index is 1120. The molecule has 1 N–H and O–H groups in total. The molecule has 3 aromatic rings. The average molecular weight is 378 g/mol. The van der Waals surface area contributed by atoms with Gasteiger partial charge in [-0.2, -0.15) is 5.26 Å². The first-order valence-corrected chi connectivity index (χ1v) is 8.43. The summed E-state index contributed by atoms with van der Waals surface area (Å²) >= 11 is 0. The zero-order chi connectivity index (χ0) is 20.3. The van der Waals surface area contributed by atoms with Crippen molar-refractivity contribution in [2.24, 2.45) is 0 Å². The van der Waals surface area contributed by atoms with Gasteiger partial charge in [0.2, 0.25) is 0 Å². The third kappa shape index (κ3) is 4.15. The monoisotopic (exact) mass is 378 g/mol. The largest absolute Gasteiger partial charge is 0.457 e. The second kappa shape index (κ2) is 7.89. The lowest BCUT2D eigenvalue weighted by atomic mass is 10.1. The number of rotatable bonds is 4. The van der Waals surface area contributed by atoms with E-state index in [1.807, 2.05) is 32.0 Å². The van der Waals surface area contributed by atoms with E-state index >= 15 is 0 Å². The van der Waals surface area contributed by atoms with Crippen LogP contribution in [0, 0.1) is 36.8 Å². The Morgan fingerprint density at radius 1 is 1.11 bits per heavy atom. The zero-order valence-electron chi connectivity index (χ0n) is 15.2. The van der Waals surface area contributed by atoms with Gasteiger partial charge in [0.15, 0.2) is 0 Å². The van der Waals surface area contributed by atoms with Crippen LogP contribution in [-0.2, 0) is 4.79 Å². The number of aryl methyl sites for hydroxylation is 2. The predicted molar refractivity (Wildman–Crippen MR) is 102 cm³/mol. The summed E-state index contributed by atoms with van der Waals surface area (Å²) in [5.74, 6) is -1.68. The molecular formula is C22H16F2N2O2. The molecule has 0 saturated heterocycles. The molecular weight excluding hydrogens is 362 g/mol. The summed E-state index contributed by atoms with van der Waals surface area (Å²) in [6.45, 7) is 3.80. The van der Waals surface area contributed by atoms with E-state index in [4.69, 9.17) is 4.42 Å². The van der Waals surface area contributed by atoms with E-state index in [1.165, 1.54) is 24.3 Å². The van der Waals surface area contributed by atoms with Crippen LogP contribution in [-0.4, -0.2) is 5.91 Å². The van der Waals surface area contributed by atoms with Gasteiger partial charge < -0.3 is 9.73 Å². The molecule has 3 rings (SSSR count). The smallest absolute Gasteiger partial charge is 0.266 e. The first kappa shape index (κ1) is 19.1. The minimum absolute atomic E-state index is 0.0827. The molecule has 0 atom stereocenters. The molecule has 28 heavy (non-hydrogen) atoms. The molecule has 0 aliphatic heterocycles. The van der Waals surface area contributed by atoms with Crippen LogP contribution in [0.15, 0.2) is 58.5 Å². The molecule has 1 aromatic heterocycles. The van der Waals surface area contributed by atoms with Crippen molar-refractivity contribution in [2.75, 3.05) is 5.32 Å². The molecule has 4 nitrogen and oxygen atoms in total. The number of hydrogen-bond donors (Lipinski definition) is 1. The van der Waals surface area contributed by atoms with Gasteiger partial charge in [-0.15, -0.1) is 0 Å². The highest BCUT2D eigenvalue weighted by molar-refractivity contribution is 6.09. The molecule has 0 unspecified atom stereocenters. The summed E-state index contributed by atoms with van der Waals surface area (Å²) in [5.41, 5.74) is 2.45. The fraction of sp³-hybridized carbons (Fsp3) is 0.0909. The van der Waals surface area contributed by atoms with E-state index in [2.05, 4.69) is 5.32 Å². The Morgan fingerprint density at radius 2 is 1.89 bits per heavy atom. The van der Waals surface area contributed by atoms with Crippen molar-refractivity contribution in [3.63, 3.8) is 0 Å². The van der Waals surface area contributed by atoms with Gasteiger partial charge in [0.25, 0.3) is 5.91 Å². The van der Waals surface area contributed by atoms with Crippen molar-refractivity contribution in [1.29, 1.82) is 5.26 Å². The SMILES string of the molecule is Cc1ccc(NC(=O)/C(C#N)=C/c2ccc(-c3ccc(F)cc3F)o2)c(C)c1. The molecule has 0 spiro atoms. The molecule has 6 heteroatoms. The Hall–Kier alpha value is -3.72. The van der Waals surface area contributed by atoms with Crippen LogP contribution < -0.4 is 5.32 Å². The molecule has 0 radical (unpaired) electrons. The number of hydrogen-bond acceptors (Lipinski definition) is 3. The van der Waals surface area contributed by atoms with Gasteiger partial charge in [-0.1, -0.05) is 17.7 Å². The number of carbonyl (C=O) groups is 1. The van der Waals surface area contributed by atoms with Crippen LogP contribution in [0.5, 0.6) is 0 Å². The second-order valence-corrected chi connectivity index (χ2v) is 6.27. The average Bonchev–Trinajstić information content (AvgIpc) is 3.10. The molecule has 1 heterocycles. The summed E-state index contributed by atoms with van der Waals surface area (Å²) in [6, 6.07) is 13.5. The molecule has 1 amide bonds. The Labute approximate surface area is 160 Å². The predicted octanol–water partition coefficient (Wildman–Crippen LogP) is 5.39. The van der Waals surface area contributed by atoms with E-state index in [9.17, 15) is 18.8 Å². The summed E-state index contributed by atoms with van der Waals surface area (Å²) in [7, 11) is 0. The van der Waals surface area contributed by atoms with Crippen molar-refractivity contribution >= 4 is 17.7 Å². The lowest BCUT2D eigenvalue weighted by molar-refractivity contribution is -0.112. The van der Waals surface area contributed by atoms with Crippen molar-refractivity contribution in [1.82, 2.24) is 0 Å². The number of nitriles is 1. The van der Waals surface area contributed by atoms with Crippen molar-refractivity contribution in [2.45, 2.75) is 13.8 Å². The van der Waals surface area contributed by atoms with Crippen LogP contribution in [0.2, 0.25) is 0 Å². The molecule has 140 valence electrons. The Balaban J connectivity index is 1.84. The van der Waals surface area contributed by atoms with Crippen LogP contribution in [0.4, 0.5) is 14.5 Å². The number of carbonyl (C=O) groups excluding carboxylic acids is 1. The van der Waals surface area contributed by atoms with Crippen LogP contribution in [0.1, 0.15) is 16.9 Å². The van der Waals surface area contributed by atoms with E-state index in [0.717, 1.165) is 23.3 Å². The third-order valence-electron chi connectivity index (χ3n) is 4.11. The van der Waals surface area contributed by atoms with Gasteiger partial charge >= 0.3 is 0 Å².